The smallest absolute Gasteiger partial charge is 0.326 e. The lowest BCUT2D eigenvalue weighted by atomic mass is 10.1. The van der Waals surface area contributed by atoms with Gasteiger partial charge in [-0.1, -0.05) is 46.5 Å². The van der Waals surface area contributed by atoms with Gasteiger partial charge in [-0.25, -0.2) is 9.59 Å². The average Bonchev–Trinajstić information content (AvgIpc) is 2.93. The molecule has 0 radical (unpaired) electrons. The van der Waals surface area contributed by atoms with Crippen molar-refractivity contribution in [2.45, 2.75) is 77.8 Å². The van der Waals surface area contributed by atoms with Crippen molar-refractivity contribution in [3.05, 3.63) is 0 Å². The fourth-order valence-electron chi connectivity index (χ4n) is 2.90. The second kappa shape index (κ2) is 8.90. The number of carboxylic acids is 1. The van der Waals surface area contributed by atoms with Crippen LogP contribution in [0.3, 0.4) is 0 Å². The zero-order valence-electron chi connectivity index (χ0n) is 13.6. The van der Waals surface area contributed by atoms with Gasteiger partial charge in [0.2, 0.25) is 0 Å². The van der Waals surface area contributed by atoms with E-state index in [1.807, 2.05) is 11.8 Å². The average molecular weight is 298 g/mol. The van der Waals surface area contributed by atoms with Crippen LogP contribution in [-0.2, 0) is 4.79 Å². The standard InChI is InChI=1S/C16H30N2O3/c1-4-5-10-14(15(19)20)17-16(21)18(11-12(2)3)13-8-6-7-9-13/h12-14H,4-11H2,1-3H3,(H,17,21)(H,19,20)/t14-/m0/s1. The minimum Gasteiger partial charge on any atom is -0.480 e. The predicted octanol–water partition coefficient (Wildman–Crippen LogP) is 3.24. The summed E-state index contributed by atoms with van der Waals surface area (Å²) in [6.45, 7) is 6.88. The summed E-state index contributed by atoms with van der Waals surface area (Å²) in [6, 6.07) is -0.708. The van der Waals surface area contributed by atoms with Gasteiger partial charge in [0.1, 0.15) is 6.04 Å². The first-order chi connectivity index (χ1) is 9.95. The molecule has 0 bridgehead atoms. The molecule has 2 N–H and O–H groups in total. The second-order valence-electron chi connectivity index (χ2n) is 6.47. The topological polar surface area (TPSA) is 69.6 Å². The minimum absolute atomic E-state index is 0.209. The van der Waals surface area contributed by atoms with Gasteiger partial charge in [-0.05, 0) is 25.2 Å². The first-order valence-electron chi connectivity index (χ1n) is 8.25. The lowest BCUT2D eigenvalue weighted by Crippen LogP contribution is -2.51. The number of hydrogen-bond donors (Lipinski definition) is 2. The largest absolute Gasteiger partial charge is 0.480 e. The van der Waals surface area contributed by atoms with Crippen LogP contribution in [0.2, 0.25) is 0 Å². The van der Waals surface area contributed by atoms with Crippen LogP contribution in [0.4, 0.5) is 4.79 Å². The first-order valence-corrected chi connectivity index (χ1v) is 8.25. The van der Waals surface area contributed by atoms with E-state index in [0.717, 1.165) is 38.5 Å². The molecule has 2 amide bonds. The zero-order valence-corrected chi connectivity index (χ0v) is 13.6. The van der Waals surface area contributed by atoms with Crippen molar-refractivity contribution in [3.63, 3.8) is 0 Å². The summed E-state index contributed by atoms with van der Waals surface area (Å²) in [5, 5.41) is 12.0. The molecule has 1 aliphatic rings. The number of nitrogens with one attached hydrogen (secondary N) is 1. The number of aliphatic carboxylic acids is 1. The highest BCUT2D eigenvalue weighted by Crippen LogP contribution is 2.24. The molecule has 0 aliphatic heterocycles. The van der Waals surface area contributed by atoms with E-state index >= 15 is 0 Å². The van der Waals surface area contributed by atoms with Crippen molar-refractivity contribution in [2.24, 2.45) is 5.92 Å². The summed E-state index contributed by atoms with van der Waals surface area (Å²) < 4.78 is 0. The Morgan fingerprint density at radius 1 is 1.29 bits per heavy atom. The van der Waals surface area contributed by atoms with Gasteiger partial charge in [0.05, 0.1) is 0 Å². The summed E-state index contributed by atoms with van der Waals surface area (Å²) >= 11 is 0. The number of carbonyl (C=O) groups is 2. The van der Waals surface area contributed by atoms with Crippen molar-refractivity contribution in [1.82, 2.24) is 10.2 Å². The number of unbranched alkanes of at least 4 members (excludes halogenated alkanes) is 1. The number of carbonyl (C=O) groups excluding carboxylic acids is 1. The summed E-state index contributed by atoms with van der Waals surface area (Å²) in [6.07, 6.45) is 6.62. The minimum atomic E-state index is -0.937. The van der Waals surface area contributed by atoms with E-state index in [1.165, 1.54) is 0 Å². The maximum Gasteiger partial charge on any atom is 0.326 e. The number of nitrogens with zero attached hydrogens (tertiary/aromatic N) is 1. The molecule has 1 saturated carbocycles. The van der Waals surface area contributed by atoms with E-state index < -0.39 is 12.0 Å². The third kappa shape index (κ3) is 5.94. The lowest BCUT2D eigenvalue weighted by molar-refractivity contribution is -0.139. The third-order valence-electron chi connectivity index (χ3n) is 4.03. The lowest BCUT2D eigenvalue weighted by Gasteiger charge is -2.31. The van der Waals surface area contributed by atoms with E-state index in [4.69, 9.17) is 0 Å². The SMILES string of the molecule is CCCC[C@H](NC(=O)N(CC(C)C)C1CCCC1)C(=O)O. The number of hydrogen-bond acceptors (Lipinski definition) is 2. The molecule has 0 aromatic heterocycles. The number of urea groups is 1. The Labute approximate surface area is 128 Å². The maximum absolute atomic E-state index is 12.5. The van der Waals surface area contributed by atoms with Gasteiger partial charge in [-0.15, -0.1) is 0 Å². The highest BCUT2D eigenvalue weighted by Gasteiger charge is 2.29. The highest BCUT2D eigenvalue weighted by atomic mass is 16.4. The molecule has 1 fully saturated rings. The van der Waals surface area contributed by atoms with E-state index in [2.05, 4.69) is 19.2 Å². The van der Waals surface area contributed by atoms with Crippen LogP contribution in [0, 0.1) is 5.92 Å². The molecular formula is C16H30N2O3. The molecule has 1 aliphatic carbocycles. The van der Waals surface area contributed by atoms with Gasteiger partial charge in [-0.2, -0.15) is 0 Å². The van der Waals surface area contributed by atoms with Crippen molar-refractivity contribution >= 4 is 12.0 Å². The summed E-state index contributed by atoms with van der Waals surface area (Å²) in [4.78, 5) is 25.6. The molecule has 0 aromatic rings. The third-order valence-corrected chi connectivity index (χ3v) is 4.03. The fourth-order valence-corrected chi connectivity index (χ4v) is 2.90. The van der Waals surface area contributed by atoms with Crippen molar-refractivity contribution in [3.8, 4) is 0 Å². The van der Waals surface area contributed by atoms with Crippen LogP contribution in [0.25, 0.3) is 0 Å². The Kier molecular flexibility index (Phi) is 7.54. The number of rotatable bonds is 8. The van der Waals surface area contributed by atoms with Crippen LogP contribution in [0.5, 0.6) is 0 Å². The molecular weight excluding hydrogens is 268 g/mol. The Balaban J connectivity index is 2.66. The van der Waals surface area contributed by atoms with E-state index in [1.54, 1.807) is 0 Å². The van der Waals surface area contributed by atoms with Crippen LogP contribution in [0.1, 0.15) is 65.7 Å². The molecule has 1 rings (SSSR count). The quantitative estimate of drug-likeness (QED) is 0.722. The molecule has 0 heterocycles. The van der Waals surface area contributed by atoms with Crippen LogP contribution in [0.15, 0.2) is 0 Å². The van der Waals surface area contributed by atoms with Crippen LogP contribution in [-0.4, -0.2) is 40.6 Å². The maximum atomic E-state index is 12.5. The number of amides is 2. The van der Waals surface area contributed by atoms with Crippen LogP contribution >= 0.6 is 0 Å². The first kappa shape index (κ1) is 17.8. The van der Waals surface area contributed by atoms with Gasteiger partial charge in [-0.3, -0.25) is 0 Å². The van der Waals surface area contributed by atoms with Gasteiger partial charge < -0.3 is 15.3 Å². The van der Waals surface area contributed by atoms with Gasteiger partial charge >= 0.3 is 12.0 Å². The van der Waals surface area contributed by atoms with E-state index in [-0.39, 0.29) is 12.1 Å². The normalized spacial score (nSPS) is 17.0. The van der Waals surface area contributed by atoms with Gasteiger partial charge in [0, 0.05) is 12.6 Å². The molecule has 1 atom stereocenters. The second-order valence-corrected chi connectivity index (χ2v) is 6.47. The molecule has 21 heavy (non-hydrogen) atoms. The molecule has 0 unspecified atom stereocenters. The van der Waals surface area contributed by atoms with Gasteiger partial charge in [0.15, 0.2) is 0 Å². The monoisotopic (exact) mass is 298 g/mol. The number of carboxylic acid groups (broad SMARTS) is 1. The molecule has 0 spiro atoms. The summed E-state index contributed by atoms with van der Waals surface area (Å²) in [5.41, 5.74) is 0. The van der Waals surface area contributed by atoms with Crippen molar-refractivity contribution in [2.75, 3.05) is 6.54 Å². The molecule has 0 aromatic carbocycles. The van der Waals surface area contributed by atoms with E-state index in [0.29, 0.717) is 18.9 Å². The van der Waals surface area contributed by atoms with Gasteiger partial charge in [0.25, 0.3) is 0 Å². The Bertz CT molecular complexity index is 338. The molecule has 5 heteroatoms. The molecule has 5 nitrogen and oxygen atoms in total. The Morgan fingerprint density at radius 3 is 2.38 bits per heavy atom. The summed E-state index contributed by atoms with van der Waals surface area (Å²) in [7, 11) is 0. The van der Waals surface area contributed by atoms with Crippen LogP contribution < -0.4 is 5.32 Å². The van der Waals surface area contributed by atoms with E-state index in [9.17, 15) is 14.7 Å². The van der Waals surface area contributed by atoms with Crippen molar-refractivity contribution < 1.29 is 14.7 Å². The molecule has 122 valence electrons. The Morgan fingerprint density at radius 2 is 1.90 bits per heavy atom. The Hall–Kier alpha value is -1.26. The van der Waals surface area contributed by atoms with Crippen molar-refractivity contribution in [1.29, 1.82) is 0 Å². The summed E-state index contributed by atoms with van der Waals surface area (Å²) in [5.74, 6) is -0.553. The zero-order chi connectivity index (χ0) is 15.8. The highest BCUT2D eigenvalue weighted by molar-refractivity contribution is 5.82. The molecule has 0 saturated heterocycles. The fraction of sp³-hybridized carbons (Fsp3) is 0.875. The predicted molar refractivity (Wildman–Crippen MR) is 83.3 cm³/mol.